The van der Waals surface area contributed by atoms with Crippen molar-refractivity contribution < 1.29 is 14.3 Å². The highest BCUT2D eigenvalue weighted by molar-refractivity contribution is 7.99. The lowest BCUT2D eigenvalue weighted by Crippen LogP contribution is -2.36. The number of nitrogens with zero attached hydrogens (tertiary/aromatic N) is 2. The van der Waals surface area contributed by atoms with Gasteiger partial charge in [0.1, 0.15) is 0 Å². The molecule has 1 aliphatic heterocycles. The number of ether oxygens (including phenoxy) is 1. The fourth-order valence-electron chi connectivity index (χ4n) is 3.47. The largest absolute Gasteiger partial charge is 0.376 e. The predicted octanol–water partition coefficient (Wildman–Crippen LogP) is 2.10. The topological polar surface area (TPSA) is 102 Å². The first kappa shape index (κ1) is 22.0. The van der Waals surface area contributed by atoms with Crippen molar-refractivity contribution in [1.82, 2.24) is 15.0 Å². The van der Waals surface area contributed by atoms with Crippen LogP contribution in [0.25, 0.3) is 10.9 Å². The zero-order valence-electron chi connectivity index (χ0n) is 17.5. The van der Waals surface area contributed by atoms with E-state index in [0.717, 1.165) is 41.4 Å². The first-order valence-electron chi connectivity index (χ1n) is 10.5. The quantitative estimate of drug-likeness (QED) is 0.401. The smallest absolute Gasteiger partial charge is 0.281 e. The molecule has 4 rings (SSSR count). The summed E-state index contributed by atoms with van der Waals surface area (Å²) in [5.41, 5.74) is 3.60. The standard InChI is InChI=1S/C23H24N4O4S/c28-20(13-16-7-2-1-3-8-16)26-27-22(30)18-10-4-5-11-19(18)25-23(27)32-15-21(29)24-14-17-9-6-12-31-17/h1-5,7-8,10-11,17H,6,9,12-15H2,(H,24,29)(H,26,28)/t17-/m1/s1. The summed E-state index contributed by atoms with van der Waals surface area (Å²) >= 11 is 1.10. The predicted molar refractivity (Wildman–Crippen MR) is 123 cm³/mol. The van der Waals surface area contributed by atoms with Crippen LogP contribution in [-0.2, 0) is 20.7 Å². The van der Waals surface area contributed by atoms with E-state index in [-0.39, 0.29) is 40.8 Å². The van der Waals surface area contributed by atoms with Gasteiger partial charge >= 0.3 is 0 Å². The molecule has 1 atom stereocenters. The highest BCUT2D eigenvalue weighted by Crippen LogP contribution is 2.17. The van der Waals surface area contributed by atoms with Crippen LogP contribution in [0.4, 0.5) is 0 Å². The average molecular weight is 453 g/mol. The summed E-state index contributed by atoms with van der Waals surface area (Å²) in [4.78, 5) is 42.5. The maximum atomic E-state index is 13.1. The normalized spacial score (nSPS) is 15.6. The van der Waals surface area contributed by atoms with Crippen molar-refractivity contribution in [2.75, 3.05) is 24.3 Å². The molecule has 0 saturated carbocycles. The van der Waals surface area contributed by atoms with Gasteiger partial charge in [-0.3, -0.25) is 19.8 Å². The molecule has 0 bridgehead atoms. The van der Waals surface area contributed by atoms with E-state index in [9.17, 15) is 14.4 Å². The van der Waals surface area contributed by atoms with Crippen LogP contribution in [0.3, 0.4) is 0 Å². The summed E-state index contributed by atoms with van der Waals surface area (Å²) in [6.45, 7) is 1.19. The van der Waals surface area contributed by atoms with Gasteiger partial charge in [0, 0.05) is 13.2 Å². The van der Waals surface area contributed by atoms with E-state index in [1.165, 1.54) is 0 Å². The fourth-order valence-corrected chi connectivity index (χ4v) is 4.25. The molecule has 0 unspecified atom stereocenters. The van der Waals surface area contributed by atoms with Gasteiger partial charge in [-0.2, -0.15) is 4.68 Å². The Balaban J connectivity index is 1.50. The van der Waals surface area contributed by atoms with Crippen molar-refractivity contribution in [2.45, 2.75) is 30.5 Å². The first-order chi connectivity index (χ1) is 15.6. The van der Waals surface area contributed by atoms with Crippen LogP contribution in [0, 0.1) is 0 Å². The van der Waals surface area contributed by atoms with Crippen molar-refractivity contribution in [2.24, 2.45) is 0 Å². The number of hydrogen-bond donors (Lipinski definition) is 2. The Morgan fingerprint density at radius 3 is 2.66 bits per heavy atom. The van der Waals surface area contributed by atoms with Crippen molar-refractivity contribution in [3.05, 3.63) is 70.5 Å². The Morgan fingerprint density at radius 1 is 1.09 bits per heavy atom. The molecule has 9 heteroatoms. The van der Waals surface area contributed by atoms with E-state index in [1.807, 2.05) is 30.3 Å². The van der Waals surface area contributed by atoms with E-state index in [1.54, 1.807) is 24.3 Å². The zero-order valence-corrected chi connectivity index (χ0v) is 18.3. The van der Waals surface area contributed by atoms with Gasteiger partial charge < -0.3 is 10.1 Å². The molecule has 2 amide bonds. The summed E-state index contributed by atoms with van der Waals surface area (Å²) in [6.07, 6.45) is 2.11. The Bertz CT molecular complexity index is 1160. The lowest BCUT2D eigenvalue weighted by molar-refractivity contribution is -0.119. The van der Waals surface area contributed by atoms with Gasteiger partial charge in [-0.1, -0.05) is 54.2 Å². The van der Waals surface area contributed by atoms with Crippen molar-refractivity contribution in [3.63, 3.8) is 0 Å². The van der Waals surface area contributed by atoms with Crippen LogP contribution in [-0.4, -0.2) is 46.5 Å². The summed E-state index contributed by atoms with van der Waals surface area (Å²) in [5.74, 6) is -0.471. The Labute approximate surface area is 189 Å². The third-order valence-electron chi connectivity index (χ3n) is 5.07. The highest BCUT2D eigenvalue weighted by Gasteiger charge is 2.18. The molecule has 166 valence electrons. The van der Waals surface area contributed by atoms with E-state index < -0.39 is 0 Å². The fraction of sp³-hybridized carbons (Fsp3) is 0.304. The van der Waals surface area contributed by atoms with Crippen LogP contribution in [0.2, 0.25) is 0 Å². The number of benzene rings is 2. The molecule has 2 N–H and O–H groups in total. The van der Waals surface area contributed by atoms with Gasteiger partial charge in [-0.15, -0.1) is 0 Å². The van der Waals surface area contributed by atoms with Crippen molar-refractivity contribution >= 4 is 34.5 Å². The number of carbonyl (C=O) groups excluding carboxylic acids is 2. The SMILES string of the molecule is O=C(CSc1nc2ccccc2c(=O)n1NC(=O)Cc1ccccc1)NC[C@H]1CCCO1. The molecule has 2 heterocycles. The monoisotopic (exact) mass is 452 g/mol. The molecule has 1 aromatic heterocycles. The molecule has 1 saturated heterocycles. The van der Waals surface area contributed by atoms with Gasteiger partial charge in [0.2, 0.25) is 11.8 Å². The Kier molecular flexibility index (Phi) is 7.18. The minimum Gasteiger partial charge on any atom is -0.376 e. The molecule has 0 aliphatic carbocycles. The van der Waals surface area contributed by atoms with E-state index in [2.05, 4.69) is 15.7 Å². The lowest BCUT2D eigenvalue weighted by Gasteiger charge is -2.14. The van der Waals surface area contributed by atoms with E-state index in [0.29, 0.717) is 17.4 Å². The molecule has 1 fully saturated rings. The minimum absolute atomic E-state index is 0.0539. The van der Waals surface area contributed by atoms with Crippen LogP contribution in [0.1, 0.15) is 18.4 Å². The molecule has 1 aliphatic rings. The molecule has 0 radical (unpaired) electrons. The number of nitrogens with one attached hydrogen (secondary N) is 2. The molecule has 32 heavy (non-hydrogen) atoms. The van der Waals surface area contributed by atoms with Crippen LogP contribution < -0.4 is 16.3 Å². The molecule has 2 aromatic carbocycles. The second kappa shape index (κ2) is 10.4. The van der Waals surface area contributed by atoms with Crippen LogP contribution in [0.5, 0.6) is 0 Å². The Morgan fingerprint density at radius 2 is 1.88 bits per heavy atom. The van der Waals surface area contributed by atoms with Gasteiger partial charge in [-0.05, 0) is 30.5 Å². The summed E-state index contributed by atoms with van der Waals surface area (Å²) in [5, 5.41) is 3.49. The third kappa shape index (κ3) is 5.54. The number of hydrogen-bond acceptors (Lipinski definition) is 6. The van der Waals surface area contributed by atoms with Gasteiger partial charge in [0.05, 0.1) is 29.2 Å². The number of carbonyl (C=O) groups is 2. The second-order valence-corrected chi connectivity index (χ2v) is 8.42. The van der Waals surface area contributed by atoms with E-state index in [4.69, 9.17) is 4.74 Å². The third-order valence-corrected chi connectivity index (χ3v) is 6.01. The maximum Gasteiger partial charge on any atom is 0.281 e. The minimum atomic E-state index is -0.390. The summed E-state index contributed by atoms with van der Waals surface area (Å²) < 4.78 is 6.65. The molecular weight excluding hydrogens is 428 g/mol. The van der Waals surface area contributed by atoms with Gasteiger partial charge in [-0.25, -0.2) is 4.98 Å². The number of rotatable bonds is 8. The second-order valence-electron chi connectivity index (χ2n) is 7.48. The zero-order chi connectivity index (χ0) is 22.3. The molecule has 3 aromatic rings. The Hall–Kier alpha value is -3.17. The van der Waals surface area contributed by atoms with Crippen LogP contribution in [0.15, 0.2) is 64.5 Å². The first-order valence-corrected chi connectivity index (χ1v) is 11.5. The van der Waals surface area contributed by atoms with Gasteiger partial charge in [0.15, 0.2) is 5.16 Å². The van der Waals surface area contributed by atoms with Crippen LogP contribution >= 0.6 is 11.8 Å². The van der Waals surface area contributed by atoms with E-state index >= 15 is 0 Å². The molecular formula is C23H24N4O4S. The summed E-state index contributed by atoms with van der Waals surface area (Å²) in [7, 11) is 0. The maximum absolute atomic E-state index is 13.1. The number of amides is 2. The number of aromatic nitrogens is 2. The number of para-hydroxylation sites is 1. The van der Waals surface area contributed by atoms with Crippen molar-refractivity contribution in [3.8, 4) is 0 Å². The van der Waals surface area contributed by atoms with Crippen molar-refractivity contribution in [1.29, 1.82) is 0 Å². The average Bonchev–Trinajstić information content (AvgIpc) is 3.33. The summed E-state index contributed by atoms with van der Waals surface area (Å²) in [6, 6.07) is 16.2. The highest BCUT2D eigenvalue weighted by atomic mass is 32.2. The number of thioether (sulfide) groups is 1. The number of fused-ring (bicyclic) bond motifs is 1. The lowest BCUT2D eigenvalue weighted by atomic mass is 10.1. The van der Waals surface area contributed by atoms with Gasteiger partial charge in [0.25, 0.3) is 5.56 Å². The molecule has 8 nitrogen and oxygen atoms in total. The molecule has 0 spiro atoms.